The maximum absolute atomic E-state index is 6.02. The summed E-state index contributed by atoms with van der Waals surface area (Å²) >= 11 is 9.43. The van der Waals surface area contributed by atoms with Crippen molar-refractivity contribution in [2.75, 3.05) is 7.11 Å². The molecule has 0 bridgehead atoms. The summed E-state index contributed by atoms with van der Waals surface area (Å²) in [5.74, 6) is 0.717. The van der Waals surface area contributed by atoms with Gasteiger partial charge in [0.2, 0.25) is 0 Å². The standard InChI is InChI=1S/C9H10BrClO/c1-5-4-6(2)8(11)9(12-3)7(5)10/h4H,1-3H3. The maximum atomic E-state index is 6.02. The van der Waals surface area contributed by atoms with Crippen LogP contribution in [0.25, 0.3) is 0 Å². The Labute approximate surface area is 85.8 Å². The number of halogens is 2. The van der Waals surface area contributed by atoms with Crippen molar-refractivity contribution in [2.45, 2.75) is 13.8 Å². The minimum Gasteiger partial charge on any atom is -0.494 e. The number of hydrogen-bond acceptors (Lipinski definition) is 1. The molecule has 0 amide bonds. The Kier molecular flexibility index (Phi) is 3.02. The normalized spacial score (nSPS) is 10.1. The zero-order valence-corrected chi connectivity index (χ0v) is 9.58. The van der Waals surface area contributed by atoms with Gasteiger partial charge in [-0.25, -0.2) is 0 Å². The van der Waals surface area contributed by atoms with Gasteiger partial charge in [0.25, 0.3) is 0 Å². The quantitative estimate of drug-likeness (QED) is 0.737. The van der Waals surface area contributed by atoms with E-state index in [1.165, 1.54) is 0 Å². The van der Waals surface area contributed by atoms with E-state index in [1.54, 1.807) is 7.11 Å². The van der Waals surface area contributed by atoms with E-state index < -0.39 is 0 Å². The molecule has 0 N–H and O–H groups in total. The summed E-state index contributed by atoms with van der Waals surface area (Å²) < 4.78 is 6.09. The summed E-state index contributed by atoms with van der Waals surface area (Å²) in [6.45, 7) is 3.97. The molecule has 0 radical (unpaired) electrons. The van der Waals surface area contributed by atoms with Crippen LogP contribution in [-0.2, 0) is 0 Å². The summed E-state index contributed by atoms with van der Waals surface area (Å²) in [7, 11) is 1.62. The molecule has 0 aliphatic heterocycles. The smallest absolute Gasteiger partial charge is 0.152 e. The van der Waals surface area contributed by atoms with E-state index in [0.29, 0.717) is 10.8 Å². The molecule has 1 nitrogen and oxygen atoms in total. The van der Waals surface area contributed by atoms with Gasteiger partial charge in [0.1, 0.15) is 0 Å². The largest absolute Gasteiger partial charge is 0.494 e. The van der Waals surface area contributed by atoms with Crippen LogP contribution in [0.15, 0.2) is 10.5 Å². The molecule has 0 aliphatic rings. The van der Waals surface area contributed by atoms with Crippen LogP contribution in [0.4, 0.5) is 0 Å². The first-order valence-electron chi connectivity index (χ1n) is 3.57. The van der Waals surface area contributed by atoms with E-state index in [1.807, 2.05) is 19.9 Å². The average Bonchev–Trinajstić information content (AvgIpc) is 2.02. The summed E-state index contributed by atoms with van der Waals surface area (Å²) in [5, 5.41) is 0.676. The Hall–Kier alpha value is -0.210. The lowest BCUT2D eigenvalue weighted by Crippen LogP contribution is -1.90. The van der Waals surface area contributed by atoms with Crippen LogP contribution in [-0.4, -0.2) is 7.11 Å². The third kappa shape index (κ3) is 1.59. The molecule has 0 unspecified atom stereocenters. The van der Waals surface area contributed by atoms with Crippen molar-refractivity contribution < 1.29 is 4.74 Å². The first-order chi connectivity index (χ1) is 5.57. The van der Waals surface area contributed by atoms with Gasteiger partial charge in [-0.05, 0) is 40.9 Å². The summed E-state index contributed by atoms with van der Waals surface area (Å²) in [6.07, 6.45) is 0. The van der Waals surface area contributed by atoms with Crippen LogP contribution in [0.1, 0.15) is 11.1 Å². The number of methoxy groups -OCH3 is 1. The predicted octanol–water partition coefficient (Wildman–Crippen LogP) is 3.73. The van der Waals surface area contributed by atoms with Gasteiger partial charge in [0.15, 0.2) is 5.75 Å². The lowest BCUT2D eigenvalue weighted by Gasteiger charge is -2.10. The van der Waals surface area contributed by atoms with Crippen molar-refractivity contribution in [1.82, 2.24) is 0 Å². The average molecular weight is 250 g/mol. The maximum Gasteiger partial charge on any atom is 0.152 e. The highest BCUT2D eigenvalue weighted by atomic mass is 79.9. The molecular weight excluding hydrogens is 239 g/mol. The topological polar surface area (TPSA) is 9.23 Å². The van der Waals surface area contributed by atoms with E-state index in [4.69, 9.17) is 16.3 Å². The minimum absolute atomic E-state index is 0.676. The summed E-state index contributed by atoms with van der Waals surface area (Å²) in [6, 6.07) is 2.02. The molecule has 1 aromatic rings. The zero-order chi connectivity index (χ0) is 9.30. The van der Waals surface area contributed by atoms with Crippen LogP contribution in [0.3, 0.4) is 0 Å². The zero-order valence-electron chi connectivity index (χ0n) is 7.24. The monoisotopic (exact) mass is 248 g/mol. The molecule has 1 aromatic carbocycles. The lowest BCUT2D eigenvalue weighted by molar-refractivity contribution is 0.411. The fraction of sp³-hybridized carbons (Fsp3) is 0.333. The molecule has 1 rings (SSSR count). The van der Waals surface area contributed by atoms with Gasteiger partial charge in [-0.15, -0.1) is 0 Å². The Morgan fingerprint density at radius 2 is 1.92 bits per heavy atom. The molecule has 0 fully saturated rings. The fourth-order valence-corrected chi connectivity index (χ4v) is 1.90. The van der Waals surface area contributed by atoms with Crippen molar-refractivity contribution in [1.29, 1.82) is 0 Å². The Balaban J connectivity index is 3.42. The molecule has 0 spiro atoms. The second-order valence-corrected chi connectivity index (χ2v) is 3.84. The van der Waals surface area contributed by atoms with Crippen molar-refractivity contribution in [3.05, 3.63) is 26.7 Å². The Morgan fingerprint density at radius 3 is 2.42 bits per heavy atom. The van der Waals surface area contributed by atoms with E-state index in [2.05, 4.69) is 15.9 Å². The molecular formula is C9H10BrClO. The number of aryl methyl sites for hydroxylation is 2. The third-order valence-corrected chi connectivity index (χ3v) is 3.18. The van der Waals surface area contributed by atoms with Crippen LogP contribution in [0.5, 0.6) is 5.75 Å². The van der Waals surface area contributed by atoms with Crippen molar-refractivity contribution >= 4 is 27.5 Å². The molecule has 12 heavy (non-hydrogen) atoms. The van der Waals surface area contributed by atoms with Crippen molar-refractivity contribution in [3.8, 4) is 5.75 Å². The number of benzene rings is 1. The van der Waals surface area contributed by atoms with Gasteiger partial charge in [-0.2, -0.15) is 0 Å². The second-order valence-electron chi connectivity index (χ2n) is 2.67. The van der Waals surface area contributed by atoms with Crippen LogP contribution < -0.4 is 4.74 Å². The summed E-state index contributed by atoms with van der Waals surface area (Å²) in [5.41, 5.74) is 2.17. The first-order valence-corrected chi connectivity index (χ1v) is 4.74. The minimum atomic E-state index is 0.676. The first kappa shape index (κ1) is 9.87. The van der Waals surface area contributed by atoms with Gasteiger partial charge in [0, 0.05) is 0 Å². The Morgan fingerprint density at radius 1 is 1.33 bits per heavy atom. The van der Waals surface area contributed by atoms with Crippen LogP contribution in [0.2, 0.25) is 5.02 Å². The van der Waals surface area contributed by atoms with E-state index in [-0.39, 0.29) is 0 Å². The van der Waals surface area contributed by atoms with E-state index in [9.17, 15) is 0 Å². The highest BCUT2D eigenvalue weighted by Gasteiger charge is 2.10. The SMILES string of the molecule is COc1c(Cl)c(C)cc(C)c1Br. The van der Waals surface area contributed by atoms with Gasteiger partial charge in [-0.3, -0.25) is 0 Å². The van der Waals surface area contributed by atoms with Gasteiger partial charge in [0.05, 0.1) is 16.6 Å². The number of hydrogen-bond donors (Lipinski definition) is 0. The second kappa shape index (κ2) is 3.67. The Bertz CT molecular complexity index is 284. The summed E-state index contributed by atoms with van der Waals surface area (Å²) in [4.78, 5) is 0. The van der Waals surface area contributed by atoms with Crippen LogP contribution >= 0.6 is 27.5 Å². The van der Waals surface area contributed by atoms with Gasteiger partial charge < -0.3 is 4.74 Å². The molecule has 0 aromatic heterocycles. The van der Waals surface area contributed by atoms with Crippen LogP contribution in [0, 0.1) is 13.8 Å². The van der Waals surface area contributed by atoms with E-state index >= 15 is 0 Å². The molecule has 0 heterocycles. The highest BCUT2D eigenvalue weighted by molar-refractivity contribution is 9.10. The van der Waals surface area contributed by atoms with E-state index in [0.717, 1.165) is 15.6 Å². The number of ether oxygens (including phenoxy) is 1. The van der Waals surface area contributed by atoms with Gasteiger partial charge >= 0.3 is 0 Å². The molecule has 66 valence electrons. The molecule has 0 aliphatic carbocycles. The fourth-order valence-electron chi connectivity index (χ4n) is 1.09. The molecule has 0 saturated heterocycles. The van der Waals surface area contributed by atoms with Gasteiger partial charge in [-0.1, -0.05) is 17.7 Å². The third-order valence-electron chi connectivity index (χ3n) is 1.73. The van der Waals surface area contributed by atoms with Crippen molar-refractivity contribution in [2.24, 2.45) is 0 Å². The number of rotatable bonds is 1. The van der Waals surface area contributed by atoms with Crippen molar-refractivity contribution in [3.63, 3.8) is 0 Å². The molecule has 0 atom stereocenters. The predicted molar refractivity (Wildman–Crippen MR) is 55.2 cm³/mol. The highest BCUT2D eigenvalue weighted by Crippen LogP contribution is 2.37. The molecule has 3 heteroatoms. The molecule has 0 saturated carbocycles. The lowest BCUT2D eigenvalue weighted by atomic mass is 10.1.